The number of nitro groups is 1. The summed E-state index contributed by atoms with van der Waals surface area (Å²) in [5.41, 5.74) is 0.0857. The van der Waals surface area contributed by atoms with Crippen LogP contribution < -0.4 is 4.74 Å². The molecule has 1 aromatic carbocycles. The molecule has 0 heterocycles. The van der Waals surface area contributed by atoms with Crippen molar-refractivity contribution in [3.05, 3.63) is 33.9 Å². The molecule has 0 N–H and O–H groups in total. The number of nitrogens with zero attached hydrogens (tertiary/aromatic N) is 1. The number of carbonyl (C=O) groups excluding carboxylic acids is 1. The van der Waals surface area contributed by atoms with Gasteiger partial charge in [0, 0.05) is 6.07 Å². The van der Waals surface area contributed by atoms with Crippen LogP contribution in [0, 0.1) is 10.1 Å². The van der Waals surface area contributed by atoms with E-state index in [1.165, 1.54) is 18.2 Å². The Kier molecular flexibility index (Phi) is 2.37. The molecule has 0 bridgehead atoms. The van der Waals surface area contributed by atoms with Crippen LogP contribution in [-0.2, 0) is 0 Å². The summed E-state index contributed by atoms with van der Waals surface area (Å²) >= 11 is 0. The van der Waals surface area contributed by atoms with Crippen molar-refractivity contribution in [2.45, 2.75) is 18.9 Å². The monoisotopic (exact) mass is 207 g/mol. The fourth-order valence-electron chi connectivity index (χ4n) is 1.26. The molecule has 0 spiro atoms. The van der Waals surface area contributed by atoms with Crippen LogP contribution in [0.5, 0.6) is 5.75 Å². The van der Waals surface area contributed by atoms with E-state index in [1.54, 1.807) is 0 Å². The molecule has 15 heavy (non-hydrogen) atoms. The second-order valence-electron chi connectivity index (χ2n) is 3.39. The molecule has 1 fully saturated rings. The standard InChI is InChI=1S/C10H9NO4/c12-6-7-2-1-3-9(11(13)14)10(7)15-8-4-5-8/h1-3,6,8H,4-5H2. The summed E-state index contributed by atoms with van der Waals surface area (Å²) in [7, 11) is 0. The maximum absolute atomic E-state index is 10.7. The summed E-state index contributed by atoms with van der Waals surface area (Å²) in [6.45, 7) is 0. The molecule has 0 atom stereocenters. The Morgan fingerprint density at radius 1 is 1.47 bits per heavy atom. The SMILES string of the molecule is O=Cc1cccc([N+](=O)[O-])c1OC1CC1. The van der Waals surface area contributed by atoms with Gasteiger partial charge in [-0.1, -0.05) is 6.07 Å². The van der Waals surface area contributed by atoms with Crippen LogP contribution in [-0.4, -0.2) is 17.3 Å². The third-order valence-corrected chi connectivity index (χ3v) is 2.16. The molecule has 0 radical (unpaired) electrons. The summed E-state index contributed by atoms with van der Waals surface area (Å²) in [6.07, 6.45) is 2.39. The summed E-state index contributed by atoms with van der Waals surface area (Å²) < 4.78 is 5.37. The van der Waals surface area contributed by atoms with E-state index in [0.29, 0.717) is 6.29 Å². The van der Waals surface area contributed by atoms with Crippen molar-refractivity contribution in [2.75, 3.05) is 0 Å². The number of ether oxygens (including phenoxy) is 1. The minimum atomic E-state index is -0.537. The van der Waals surface area contributed by atoms with Gasteiger partial charge in [0.15, 0.2) is 6.29 Å². The van der Waals surface area contributed by atoms with Crippen molar-refractivity contribution in [2.24, 2.45) is 0 Å². The van der Waals surface area contributed by atoms with Crippen molar-refractivity contribution in [1.29, 1.82) is 0 Å². The van der Waals surface area contributed by atoms with Crippen molar-refractivity contribution in [3.8, 4) is 5.75 Å². The molecule has 0 saturated heterocycles. The summed E-state index contributed by atoms with van der Waals surface area (Å²) in [4.78, 5) is 20.9. The first-order valence-electron chi connectivity index (χ1n) is 4.61. The van der Waals surface area contributed by atoms with E-state index in [-0.39, 0.29) is 23.1 Å². The predicted molar refractivity (Wildman–Crippen MR) is 52.1 cm³/mol. The van der Waals surface area contributed by atoms with Gasteiger partial charge >= 0.3 is 5.69 Å². The van der Waals surface area contributed by atoms with Crippen LogP contribution in [0.1, 0.15) is 23.2 Å². The molecule has 0 unspecified atom stereocenters. The van der Waals surface area contributed by atoms with E-state index < -0.39 is 4.92 Å². The van der Waals surface area contributed by atoms with Gasteiger partial charge in [0.2, 0.25) is 5.75 Å². The predicted octanol–water partition coefficient (Wildman–Crippen LogP) is 1.95. The molecule has 5 heteroatoms. The fraction of sp³-hybridized carbons (Fsp3) is 0.300. The smallest absolute Gasteiger partial charge is 0.311 e. The van der Waals surface area contributed by atoms with E-state index in [2.05, 4.69) is 0 Å². The topological polar surface area (TPSA) is 69.4 Å². The van der Waals surface area contributed by atoms with Gasteiger partial charge in [0.25, 0.3) is 0 Å². The largest absolute Gasteiger partial charge is 0.483 e. The summed E-state index contributed by atoms with van der Waals surface area (Å²) in [6, 6.07) is 4.32. The summed E-state index contributed by atoms with van der Waals surface area (Å²) in [5.74, 6) is 0.0972. The van der Waals surface area contributed by atoms with E-state index in [0.717, 1.165) is 12.8 Å². The van der Waals surface area contributed by atoms with Crippen LogP contribution in [0.2, 0.25) is 0 Å². The zero-order valence-electron chi connectivity index (χ0n) is 7.88. The maximum atomic E-state index is 10.7. The van der Waals surface area contributed by atoms with E-state index in [4.69, 9.17) is 4.74 Å². The first kappa shape index (κ1) is 9.64. The van der Waals surface area contributed by atoms with Crippen molar-refractivity contribution in [3.63, 3.8) is 0 Å². The number of rotatable bonds is 4. The van der Waals surface area contributed by atoms with Crippen LogP contribution in [0.25, 0.3) is 0 Å². The highest BCUT2D eigenvalue weighted by molar-refractivity contribution is 5.82. The molecule has 1 aliphatic carbocycles. The normalized spacial score (nSPS) is 14.7. The molecule has 2 rings (SSSR count). The number of hydrogen-bond donors (Lipinski definition) is 0. The Balaban J connectivity index is 2.42. The Labute approximate surface area is 85.8 Å². The maximum Gasteiger partial charge on any atom is 0.311 e. The molecule has 0 amide bonds. The first-order valence-corrected chi connectivity index (χ1v) is 4.61. The minimum Gasteiger partial charge on any atom is -0.483 e. The average Bonchev–Trinajstić information content (AvgIpc) is 3.01. The Hall–Kier alpha value is -1.91. The van der Waals surface area contributed by atoms with E-state index >= 15 is 0 Å². The summed E-state index contributed by atoms with van der Waals surface area (Å²) in [5, 5.41) is 10.7. The van der Waals surface area contributed by atoms with Gasteiger partial charge in [-0.05, 0) is 18.9 Å². The number of aldehydes is 1. The Morgan fingerprint density at radius 3 is 2.73 bits per heavy atom. The fourth-order valence-corrected chi connectivity index (χ4v) is 1.26. The molecule has 78 valence electrons. The zero-order valence-corrected chi connectivity index (χ0v) is 7.88. The second kappa shape index (κ2) is 3.68. The highest BCUT2D eigenvalue weighted by atomic mass is 16.6. The molecule has 5 nitrogen and oxygen atoms in total. The number of carbonyl (C=O) groups is 1. The van der Waals surface area contributed by atoms with Crippen LogP contribution in [0.4, 0.5) is 5.69 Å². The van der Waals surface area contributed by atoms with Gasteiger partial charge in [-0.2, -0.15) is 0 Å². The lowest BCUT2D eigenvalue weighted by molar-refractivity contribution is -0.386. The van der Waals surface area contributed by atoms with Gasteiger partial charge < -0.3 is 4.74 Å². The lowest BCUT2D eigenvalue weighted by atomic mass is 10.2. The van der Waals surface area contributed by atoms with Gasteiger partial charge in [-0.25, -0.2) is 0 Å². The first-order chi connectivity index (χ1) is 7.22. The number of hydrogen-bond acceptors (Lipinski definition) is 4. The molecule has 1 aliphatic rings. The molecular weight excluding hydrogens is 198 g/mol. The lowest BCUT2D eigenvalue weighted by Gasteiger charge is -2.06. The van der Waals surface area contributed by atoms with Crippen LogP contribution in [0.3, 0.4) is 0 Å². The Morgan fingerprint density at radius 2 is 2.20 bits per heavy atom. The highest BCUT2D eigenvalue weighted by Gasteiger charge is 2.28. The minimum absolute atomic E-state index is 0.0322. The molecule has 0 aromatic heterocycles. The quantitative estimate of drug-likeness (QED) is 0.430. The molecule has 1 saturated carbocycles. The van der Waals surface area contributed by atoms with Crippen molar-refractivity contribution >= 4 is 12.0 Å². The molecule has 0 aliphatic heterocycles. The molecule has 1 aromatic rings. The van der Waals surface area contributed by atoms with Gasteiger partial charge in [0.1, 0.15) is 0 Å². The van der Waals surface area contributed by atoms with Crippen LogP contribution >= 0.6 is 0 Å². The van der Waals surface area contributed by atoms with Gasteiger partial charge in [0.05, 0.1) is 16.6 Å². The second-order valence-corrected chi connectivity index (χ2v) is 3.39. The van der Waals surface area contributed by atoms with E-state index in [9.17, 15) is 14.9 Å². The number of para-hydroxylation sites is 1. The number of benzene rings is 1. The highest BCUT2D eigenvalue weighted by Crippen LogP contribution is 2.35. The number of nitro benzene ring substituents is 1. The van der Waals surface area contributed by atoms with Crippen molar-refractivity contribution < 1.29 is 14.5 Å². The van der Waals surface area contributed by atoms with Crippen LogP contribution in [0.15, 0.2) is 18.2 Å². The third-order valence-electron chi connectivity index (χ3n) is 2.16. The Bertz CT molecular complexity index is 412. The van der Waals surface area contributed by atoms with E-state index in [1.807, 2.05) is 0 Å². The third kappa shape index (κ3) is 1.96. The average molecular weight is 207 g/mol. The zero-order chi connectivity index (χ0) is 10.8. The van der Waals surface area contributed by atoms with Crippen molar-refractivity contribution in [1.82, 2.24) is 0 Å². The molecular formula is C10H9NO4. The van der Waals surface area contributed by atoms with Gasteiger partial charge in [-0.15, -0.1) is 0 Å². The lowest BCUT2D eigenvalue weighted by Crippen LogP contribution is -2.03. The van der Waals surface area contributed by atoms with Gasteiger partial charge in [-0.3, -0.25) is 14.9 Å².